The standard InChI is InChI=1S/Al.2HNO2.H/c;2*2-1-3;/h;2*(H,2,3);/q+2;;;/p-2. The van der Waals surface area contributed by atoms with Crippen molar-refractivity contribution in [2.45, 2.75) is 0 Å². The topological polar surface area (TPSA) is 77.3 Å². The molecular formula is HAlN2O4. The summed E-state index contributed by atoms with van der Waals surface area (Å²) in [6, 6.07) is 0. The van der Waals surface area contributed by atoms with Crippen LogP contribution >= 0.6 is 0 Å². The zero-order valence-electron chi connectivity index (χ0n) is 3.23. The fourth-order valence-electron chi connectivity index (χ4n) is 0.0666. The SMILES string of the molecule is O=N[O][AlH][O]N=O. The van der Waals surface area contributed by atoms with Gasteiger partial charge in [0.1, 0.15) is 10.7 Å². The summed E-state index contributed by atoms with van der Waals surface area (Å²) in [6.45, 7) is 0. The summed E-state index contributed by atoms with van der Waals surface area (Å²) in [5, 5.41) is 3.92. The lowest BCUT2D eigenvalue weighted by Crippen LogP contribution is -1.91. The van der Waals surface area contributed by atoms with E-state index in [-0.39, 0.29) is 0 Å². The highest BCUT2D eigenvalue weighted by Crippen LogP contribution is 1.71. The summed E-state index contributed by atoms with van der Waals surface area (Å²) in [5.74, 6) is 0. The molecule has 0 N–H and O–H groups in total. The van der Waals surface area contributed by atoms with Crippen molar-refractivity contribution in [3.05, 3.63) is 9.81 Å². The molecule has 0 aliphatic carbocycles. The molecule has 0 saturated heterocycles. The maximum Gasteiger partial charge on any atom is 0.881 e. The molecule has 7 heteroatoms. The molecule has 0 rings (SSSR count). The molecule has 0 aromatic carbocycles. The third-order valence-electron chi connectivity index (χ3n) is 0.211. The average Bonchev–Trinajstić information content (AvgIpc) is 1.69. The van der Waals surface area contributed by atoms with Crippen LogP contribution in [0.5, 0.6) is 0 Å². The van der Waals surface area contributed by atoms with Crippen LogP contribution in [-0.2, 0) is 7.78 Å². The van der Waals surface area contributed by atoms with Crippen molar-refractivity contribution in [1.82, 2.24) is 0 Å². The molecule has 0 amide bonds. The quantitative estimate of drug-likeness (QED) is 0.220. The van der Waals surface area contributed by atoms with Crippen molar-refractivity contribution in [2.24, 2.45) is 10.7 Å². The van der Waals surface area contributed by atoms with Crippen molar-refractivity contribution in [3.63, 3.8) is 0 Å². The van der Waals surface area contributed by atoms with E-state index in [4.69, 9.17) is 9.81 Å². The minimum atomic E-state index is -1.55. The molecule has 0 unspecified atom stereocenters. The van der Waals surface area contributed by atoms with E-state index in [2.05, 4.69) is 7.78 Å². The van der Waals surface area contributed by atoms with Crippen LogP contribution in [0.3, 0.4) is 0 Å². The maximum atomic E-state index is 9.02. The molecule has 0 radical (unpaired) electrons. The first kappa shape index (κ1) is 6.33. The van der Waals surface area contributed by atoms with Crippen LogP contribution in [0, 0.1) is 9.81 Å². The van der Waals surface area contributed by atoms with Gasteiger partial charge in [-0.15, -0.1) is 9.81 Å². The van der Waals surface area contributed by atoms with E-state index in [0.29, 0.717) is 0 Å². The van der Waals surface area contributed by atoms with Gasteiger partial charge < -0.3 is 7.78 Å². The maximum absolute atomic E-state index is 9.02. The van der Waals surface area contributed by atoms with Crippen LogP contribution in [0.25, 0.3) is 0 Å². The third kappa shape index (κ3) is 5.33. The summed E-state index contributed by atoms with van der Waals surface area (Å²) < 4.78 is 7.53. The molecule has 0 spiro atoms. The van der Waals surface area contributed by atoms with Crippen molar-refractivity contribution in [2.75, 3.05) is 0 Å². The van der Waals surface area contributed by atoms with E-state index in [1.807, 2.05) is 10.7 Å². The molecule has 0 aromatic rings. The van der Waals surface area contributed by atoms with Crippen molar-refractivity contribution >= 4 is 15.9 Å². The molecular weight excluding hydrogens is 119 g/mol. The minimum absolute atomic E-state index is 1.55. The van der Waals surface area contributed by atoms with E-state index in [0.717, 1.165) is 0 Å². The Morgan fingerprint density at radius 2 is 1.57 bits per heavy atom. The predicted octanol–water partition coefficient (Wildman–Crippen LogP) is -0.351. The molecule has 0 aliphatic heterocycles. The Morgan fingerprint density at radius 1 is 1.14 bits per heavy atom. The Kier molecular flexibility index (Phi) is 4.82. The average molecular weight is 120 g/mol. The lowest BCUT2D eigenvalue weighted by atomic mass is 13.4. The lowest BCUT2D eigenvalue weighted by Gasteiger charge is -1.82. The second-order valence-electron chi connectivity index (χ2n) is 0.525. The minimum Gasteiger partial charge on any atom is -0.474 e. The van der Waals surface area contributed by atoms with E-state index in [9.17, 15) is 0 Å². The van der Waals surface area contributed by atoms with Crippen LogP contribution < -0.4 is 0 Å². The molecule has 6 nitrogen and oxygen atoms in total. The normalized spacial score (nSPS) is 6.29. The van der Waals surface area contributed by atoms with Gasteiger partial charge >= 0.3 is 15.9 Å². The van der Waals surface area contributed by atoms with Gasteiger partial charge in [-0.3, -0.25) is 0 Å². The molecule has 0 aliphatic rings. The summed E-state index contributed by atoms with van der Waals surface area (Å²) in [6.07, 6.45) is 0. The van der Waals surface area contributed by atoms with Gasteiger partial charge in [-0.05, 0) is 0 Å². The zero-order valence-corrected chi connectivity index (χ0v) is 4.65. The van der Waals surface area contributed by atoms with Crippen LogP contribution in [0.4, 0.5) is 0 Å². The smallest absolute Gasteiger partial charge is 0.474 e. The van der Waals surface area contributed by atoms with Gasteiger partial charge in [0, 0.05) is 0 Å². The van der Waals surface area contributed by atoms with Crippen molar-refractivity contribution < 1.29 is 7.78 Å². The zero-order chi connectivity index (χ0) is 5.54. The Hall–Kier alpha value is -0.668. The van der Waals surface area contributed by atoms with Gasteiger partial charge in [0.15, 0.2) is 0 Å². The van der Waals surface area contributed by atoms with E-state index in [1.165, 1.54) is 0 Å². The number of nitrogens with zero attached hydrogens (tertiary/aromatic N) is 2. The van der Waals surface area contributed by atoms with Crippen LogP contribution in [0.2, 0.25) is 0 Å². The fourth-order valence-corrected chi connectivity index (χ4v) is 0.200. The second kappa shape index (κ2) is 5.33. The second-order valence-corrected chi connectivity index (χ2v) is 1.28. The van der Waals surface area contributed by atoms with Crippen LogP contribution in [0.15, 0.2) is 10.7 Å². The van der Waals surface area contributed by atoms with Gasteiger partial charge in [0.25, 0.3) is 0 Å². The Balaban J connectivity index is 2.68. The molecule has 0 saturated carbocycles. The van der Waals surface area contributed by atoms with Gasteiger partial charge in [-0.1, -0.05) is 0 Å². The van der Waals surface area contributed by atoms with Gasteiger partial charge in [-0.25, -0.2) is 0 Å². The first-order chi connectivity index (χ1) is 3.41. The number of hydrogen-bond donors (Lipinski definition) is 0. The first-order valence-electron chi connectivity index (χ1n) is 1.31. The van der Waals surface area contributed by atoms with E-state index in [1.54, 1.807) is 0 Å². The molecule has 0 heterocycles. The predicted molar refractivity (Wildman–Crippen MR) is 20.9 cm³/mol. The Bertz CT molecular complexity index is 54.7. The molecule has 7 heavy (non-hydrogen) atoms. The fraction of sp³-hybridized carbons (Fsp3) is 0. The van der Waals surface area contributed by atoms with E-state index >= 15 is 0 Å². The highest BCUT2D eigenvalue weighted by Gasteiger charge is 1.98. The summed E-state index contributed by atoms with van der Waals surface area (Å²) >= 11 is -1.55. The van der Waals surface area contributed by atoms with Gasteiger partial charge in [-0.2, -0.15) is 0 Å². The van der Waals surface area contributed by atoms with Crippen molar-refractivity contribution in [1.29, 1.82) is 0 Å². The summed E-state index contributed by atoms with van der Waals surface area (Å²) in [7, 11) is 0. The molecule has 0 fully saturated rings. The highest BCUT2D eigenvalue weighted by molar-refractivity contribution is 6.17. The van der Waals surface area contributed by atoms with Crippen LogP contribution in [0.1, 0.15) is 0 Å². The number of hydrogen-bond acceptors (Lipinski definition) is 6. The molecule has 38 valence electrons. The highest BCUT2D eigenvalue weighted by atomic mass is 27.2. The Labute approximate surface area is 45.0 Å². The monoisotopic (exact) mass is 120 g/mol. The largest absolute Gasteiger partial charge is 0.881 e. The molecule has 0 bridgehead atoms. The first-order valence-corrected chi connectivity index (χ1v) is 2.46. The molecule has 0 atom stereocenters. The van der Waals surface area contributed by atoms with Gasteiger partial charge in [0.2, 0.25) is 0 Å². The van der Waals surface area contributed by atoms with Crippen LogP contribution in [-0.4, -0.2) is 15.9 Å². The lowest BCUT2D eigenvalue weighted by molar-refractivity contribution is 0.232. The Morgan fingerprint density at radius 3 is 1.86 bits per heavy atom. The van der Waals surface area contributed by atoms with E-state index < -0.39 is 15.9 Å². The molecule has 0 aromatic heterocycles. The van der Waals surface area contributed by atoms with Gasteiger partial charge in [0.05, 0.1) is 0 Å². The summed E-state index contributed by atoms with van der Waals surface area (Å²) in [4.78, 5) is 18.0. The summed E-state index contributed by atoms with van der Waals surface area (Å²) in [5.41, 5.74) is 0. The number of rotatable bonds is 4. The van der Waals surface area contributed by atoms with Crippen molar-refractivity contribution in [3.8, 4) is 0 Å². The third-order valence-corrected chi connectivity index (χ3v) is 0.632.